The average molecular weight is 355 g/mol. The zero-order valence-electron chi connectivity index (χ0n) is 13.4. The Balaban J connectivity index is 1.43. The zero-order chi connectivity index (χ0) is 17.2. The van der Waals surface area contributed by atoms with Gasteiger partial charge in [0.05, 0.1) is 18.1 Å². The summed E-state index contributed by atoms with van der Waals surface area (Å²) in [7, 11) is -2.98. The van der Waals surface area contributed by atoms with Crippen LogP contribution in [0.5, 0.6) is 0 Å². The lowest BCUT2D eigenvalue weighted by Gasteiger charge is -2.35. The van der Waals surface area contributed by atoms with Crippen LogP contribution < -0.4 is 10.2 Å². The number of hydrogen-bond donors (Lipinski definition) is 1. The molecule has 1 atom stereocenters. The summed E-state index contributed by atoms with van der Waals surface area (Å²) in [4.78, 5) is 16.3. The third-order valence-corrected chi connectivity index (χ3v) is 6.30. The van der Waals surface area contributed by atoms with E-state index in [1.807, 2.05) is 0 Å². The van der Waals surface area contributed by atoms with Crippen LogP contribution in [0.4, 0.5) is 10.1 Å². The van der Waals surface area contributed by atoms with Crippen molar-refractivity contribution in [1.82, 2.24) is 10.2 Å². The second kappa shape index (κ2) is 7.06. The Bertz CT molecular complexity index is 685. The minimum atomic E-state index is -2.98. The number of carbonyl (C=O) groups is 1. The van der Waals surface area contributed by atoms with Crippen molar-refractivity contribution >= 4 is 21.4 Å². The van der Waals surface area contributed by atoms with Crippen molar-refractivity contribution in [2.75, 3.05) is 49.1 Å². The second-order valence-corrected chi connectivity index (χ2v) is 8.64. The summed E-state index contributed by atoms with van der Waals surface area (Å²) in [5.41, 5.74) is 0.983. The van der Waals surface area contributed by atoms with E-state index < -0.39 is 9.84 Å². The summed E-state index contributed by atoms with van der Waals surface area (Å²) in [5, 5.41) is 2.82. The van der Waals surface area contributed by atoms with Gasteiger partial charge in [0.2, 0.25) is 5.91 Å². The first-order chi connectivity index (χ1) is 11.4. The lowest BCUT2D eigenvalue weighted by molar-refractivity contribution is -0.122. The number of carbonyl (C=O) groups excluding carboxylic acids is 1. The van der Waals surface area contributed by atoms with Gasteiger partial charge in [0, 0.05) is 37.9 Å². The molecule has 132 valence electrons. The topological polar surface area (TPSA) is 69.7 Å². The highest BCUT2D eigenvalue weighted by Crippen LogP contribution is 2.17. The van der Waals surface area contributed by atoms with Crippen LogP contribution in [0.15, 0.2) is 24.3 Å². The first-order valence-electron chi connectivity index (χ1n) is 8.14. The van der Waals surface area contributed by atoms with Gasteiger partial charge in [-0.1, -0.05) is 0 Å². The maximum atomic E-state index is 13.0. The summed E-state index contributed by atoms with van der Waals surface area (Å²) < 4.78 is 35.8. The van der Waals surface area contributed by atoms with E-state index in [9.17, 15) is 17.6 Å². The van der Waals surface area contributed by atoms with Crippen LogP contribution in [0.25, 0.3) is 0 Å². The molecule has 2 aliphatic heterocycles. The van der Waals surface area contributed by atoms with Gasteiger partial charge in [0.1, 0.15) is 5.82 Å². The Hall–Kier alpha value is -1.67. The number of hydrogen-bond acceptors (Lipinski definition) is 5. The zero-order valence-corrected chi connectivity index (χ0v) is 14.3. The maximum Gasteiger partial charge on any atom is 0.234 e. The summed E-state index contributed by atoms with van der Waals surface area (Å²) in [5.74, 6) is -0.152. The van der Waals surface area contributed by atoms with Crippen LogP contribution in [0.1, 0.15) is 6.42 Å². The minimum Gasteiger partial charge on any atom is -0.369 e. The minimum absolute atomic E-state index is 0.0527. The maximum absolute atomic E-state index is 13.0. The first kappa shape index (κ1) is 17.2. The van der Waals surface area contributed by atoms with Gasteiger partial charge in [-0.3, -0.25) is 9.69 Å². The van der Waals surface area contributed by atoms with Crippen molar-refractivity contribution in [2.24, 2.45) is 0 Å². The van der Waals surface area contributed by atoms with Gasteiger partial charge in [-0.05, 0) is 30.7 Å². The molecule has 2 heterocycles. The lowest BCUT2D eigenvalue weighted by atomic mass is 10.2. The van der Waals surface area contributed by atoms with Crippen LogP contribution >= 0.6 is 0 Å². The molecular weight excluding hydrogens is 333 g/mol. The quantitative estimate of drug-likeness (QED) is 0.839. The fourth-order valence-corrected chi connectivity index (χ4v) is 4.87. The number of anilines is 1. The molecule has 0 spiro atoms. The van der Waals surface area contributed by atoms with Gasteiger partial charge in [0.25, 0.3) is 0 Å². The molecule has 3 rings (SSSR count). The van der Waals surface area contributed by atoms with Gasteiger partial charge in [-0.25, -0.2) is 12.8 Å². The predicted molar refractivity (Wildman–Crippen MR) is 90.3 cm³/mol. The van der Waals surface area contributed by atoms with E-state index in [0.717, 1.165) is 31.9 Å². The predicted octanol–water partition coefficient (Wildman–Crippen LogP) is 0.251. The van der Waals surface area contributed by atoms with Crippen LogP contribution in [0.3, 0.4) is 0 Å². The average Bonchev–Trinajstić information content (AvgIpc) is 2.87. The molecule has 1 N–H and O–H groups in total. The van der Waals surface area contributed by atoms with E-state index in [0.29, 0.717) is 6.42 Å². The van der Waals surface area contributed by atoms with Crippen molar-refractivity contribution in [1.29, 1.82) is 0 Å². The van der Waals surface area contributed by atoms with Gasteiger partial charge >= 0.3 is 0 Å². The molecule has 8 heteroatoms. The molecule has 0 saturated carbocycles. The first-order valence-corrected chi connectivity index (χ1v) is 9.96. The number of piperazine rings is 1. The van der Waals surface area contributed by atoms with Crippen molar-refractivity contribution in [3.63, 3.8) is 0 Å². The van der Waals surface area contributed by atoms with Gasteiger partial charge in [-0.15, -0.1) is 0 Å². The highest BCUT2D eigenvalue weighted by Gasteiger charge is 2.29. The van der Waals surface area contributed by atoms with Crippen molar-refractivity contribution < 1.29 is 17.6 Å². The van der Waals surface area contributed by atoms with E-state index >= 15 is 0 Å². The smallest absolute Gasteiger partial charge is 0.234 e. The van der Waals surface area contributed by atoms with Gasteiger partial charge in [-0.2, -0.15) is 0 Å². The molecule has 2 aliphatic rings. The molecule has 0 radical (unpaired) electrons. The summed E-state index contributed by atoms with van der Waals surface area (Å²) >= 11 is 0. The molecule has 1 amide bonds. The molecule has 24 heavy (non-hydrogen) atoms. The number of sulfone groups is 1. The van der Waals surface area contributed by atoms with E-state index in [2.05, 4.69) is 15.1 Å². The highest BCUT2D eigenvalue weighted by molar-refractivity contribution is 7.91. The van der Waals surface area contributed by atoms with E-state index in [4.69, 9.17) is 0 Å². The number of rotatable bonds is 4. The Morgan fingerprint density at radius 3 is 2.42 bits per heavy atom. The standard InChI is InChI=1S/C16H22FN3O3S/c17-13-1-3-15(4-2-13)20-8-6-19(7-9-20)11-16(21)18-14-5-10-24(22,23)12-14/h1-4,14H,5-12H2,(H,18,21)/t14-/m1/s1. The van der Waals surface area contributed by atoms with Crippen LogP contribution in [0, 0.1) is 5.82 Å². The number of amides is 1. The summed E-state index contributed by atoms with van der Waals surface area (Å²) in [6.45, 7) is 3.32. The van der Waals surface area contributed by atoms with Crippen LogP contribution in [-0.2, 0) is 14.6 Å². The van der Waals surface area contributed by atoms with Crippen molar-refractivity contribution in [2.45, 2.75) is 12.5 Å². The second-order valence-electron chi connectivity index (χ2n) is 6.41. The molecule has 6 nitrogen and oxygen atoms in total. The third kappa shape index (κ3) is 4.45. The molecular formula is C16H22FN3O3S. The number of halogens is 1. The molecule has 2 fully saturated rings. The monoisotopic (exact) mass is 355 g/mol. The fourth-order valence-electron chi connectivity index (χ4n) is 3.20. The normalized spacial score (nSPS) is 24.0. The molecule has 1 aromatic carbocycles. The largest absolute Gasteiger partial charge is 0.369 e. The highest BCUT2D eigenvalue weighted by atomic mass is 32.2. The number of nitrogens with zero attached hydrogens (tertiary/aromatic N) is 2. The number of nitrogens with one attached hydrogen (secondary N) is 1. The van der Waals surface area contributed by atoms with Gasteiger partial charge in [0.15, 0.2) is 9.84 Å². The van der Waals surface area contributed by atoms with E-state index in [1.165, 1.54) is 12.1 Å². The fraction of sp³-hybridized carbons (Fsp3) is 0.562. The lowest BCUT2D eigenvalue weighted by Crippen LogP contribution is -2.50. The molecule has 0 bridgehead atoms. The summed E-state index contributed by atoms with van der Waals surface area (Å²) in [6, 6.07) is 6.18. The van der Waals surface area contributed by atoms with E-state index in [-0.39, 0.29) is 35.8 Å². The third-order valence-electron chi connectivity index (χ3n) is 4.53. The van der Waals surface area contributed by atoms with E-state index in [1.54, 1.807) is 12.1 Å². The molecule has 0 unspecified atom stereocenters. The van der Waals surface area contributed by atoms with Crippen LogP contribution in [-0.4, -0.2) is 69.5 Å². The molecule has 0 aliphatic carbocycles. The summed E-state index contributed by atoms with van der Waals surface area (Å²) in [6.07, 6.45) is 0.506. The van der Waals surface area contributed by atoms with Crippen molar-refractivity contribution in [3.05, 3.63) is 30.1 Å². The SMILES string of the molecule is O=C(CN1CCN(c2ccc(F)cc2)CC1)N[C@@H]1CCS(=O)(=O)C1. The Morgan fingerprint density at radius 1 is 1.17 bits per heavy atom. The van der Waals surface area contributed by atoms with Crippen LogP contribution in [0.2, 0.25) is 0 Å². The van der Waals surface area contributed by atoms with Gasteiger partial charge < -0.3 is 10.2 Å². The molecule has 1 aromatic rings. The Kier molecular flexibility index (Phi) is 5.05. The molecule has 2 saturated heterocycles. The van der Waals surface area contributed by atoms with Crippen molar-refractivity contribution in [3.8, 4) is 0 Å². The number of benzene rings is 1. The Labute approximate surface area is 141 Å². The Morgan fingerprint density at radius 2 is 1.83 bits per heavy atom. The molecule has 0 aromatic heterocycles.